The number of aromatic nitrogens is 1. The number of hydrogen-bond donors (Lipinski definition) is 0. The van der Waals surface area contributed by atoms with Crippen LogP contribution in [0.1, 0.15) is 32.0 Å². The van der Waals surface area contributed by atoms with Gasteiger partial charge in [0.1, 0.15) is 5.60 Å². The predicted octanol–water partition coefficient (Wildman–Crippen LogP) is 2.33. The molecule has 0 spiro atoms. The summed E-state index contributed by atoms with van der Waals surface area (Å²) in [6, 6.07) is 1.49. The first-order chi connectivity index (χ1) is 10.7. The molecule has 0 fully saturated rings. The van der Waals surface area contributed by atoms with Crippen LogP contribution in [0.2, 0.25) is 0 Å². The molecule has 23 heavy (non-hydrogen) atoms. The van der Waals surface area contributed by atoms with Crippen LogP contribution in [0.3, 0.4) is 0 Å². The van der Waals surface area contributed by atoms with Crippen molar-refractivity contribution >= 4 is 11.8 Å². The Labute approximate surface area is 134 Å². The average Bonchev–Trinajstić information content (AvgIpc) is 2.65. The number of carbonyl (C=O) groups excluding carboxylic acids is 1. The fourth-order valence-electron chi connectivity index (χ4n) is 2.39. The van der Waals surface area contributed by atoms with Gasteiger partial charge in [0, 0.05) is 31.3 Å². The Morgan fingerprint density at radius 1 is 1.35 bits per heavy atom. The fraction of sp³-hybridized carbons (Fsp3) is 0.600. The molecule has 0 N–H and O–H groups in total. The van der Waals surface area contributed by atoms with Gasteiger partial charge in [-0.2, -0.15) is 0 Å². The van der Waals surface area contributed by atoms with E-state index in [9.17, 15) is 14.9 Å². The molecular formula is C15H21N3O5. The number of methoxy groups -OCH3 is 1. The molecule has 1 aromatic heterocycles. The van der Waals surface area contributed by atoms with E-state index in [4.69, 9.17) is 9.47 Å². The highest BCUT2D eigenvalue weighted by atomic mass is 16.6. The number of ether oxygens (including phenoxy) is 2. The van der Waals surface area contributed by atoms with Crippen LogP contribution in [-0.4, -0.2) is 46.7 Å². The van der Waals surface area contributed by atoms with E-state index in [2.05, 4.69) is 4.98 Å². The van der Waals surface area contributed by atoms with Gasteiger partial charge in [-0.3, -0.25) is 10.1 Å². The highest BCUT2D eigenvalue weighted by Gasteiger charge is 2.27. The SMILES string of the molecule is COc1nc2c(cc1[N+](=O)[O-])CCN(C(=O)OC(C)(C)C)CC2. The smallest absolute Gasteiger partial charge is 0.410 e. The van der Waals surface area contributed by atoms with E-state index in [1.165, 1.54) is 13.2 Å². The van der Waals surface area contributed by atoms with Crippen LogP contribution in [0.4, 0.5) is 10.5 Å². The number of amides is 1. The molecule has 0 aromatic carbocycles. The van der Waals surface area contributed by atoms with E-state index in [-0.39, 0.29) is 17.7 Å². The summed E-state index contributed by atoms with van der Waals surface area (Å²) in [5.41, 5.74) is 0.773. The summed E-state index contributed by atoms with van der Waals surface area (Å²) < 4.78 is 10.4. The van der Waals surface area contributed by atoms with Gasteiger partial charge in [0.15, 0.2) is 0 Å². The highest BCUT2D eigenvalue weighted by Crippen LogP contribution is 2.29. The van der Waals surface area contributed by atoms with Crippen molar-refractivity contribution in [3.05, 3.63) is 27.4 Å². The molecule has 8 heteroatoms. The van der Waals surface area contributed by atoms with Gasteiger partial charge in [-0.05, 0) is 32.8 Å². The number of fused-ring (bicyclic) bond motifs is 1. The Hall–Kier alpha value is -2.38. The standard InChI is InChI=1S/C15H21N3O5/c1-15(2,3)23-14(19)17-7-5-10-9-12(18(20)21)13(22-4)16-11(10)6-8-17/h9H,5-8H2,1-4H3. The number of pyridine rings is 1. The van der Waals surface area contributed by atoms with E-state index >= 15 is 0 Å². The van der Waals surface area contributed by atoms with Gasteiger partial charge in [0.25, 0.3) is 5.88 Å². The van der Waals surface area contributed by atoms with Gasteiger partial charge in [-0.15, -0.1) is 0 Å². The van der Waals surface area contributed by atoms with Crippen molar-refractivity contribution in [3.63, 3.8) is 0 Å². The van der Waals surface area contributed by atoms with Gasteiger partial charge in [0.05, 0.1) is 12.0 Å². The van der Waals surface area contributed by atoms with Crippen molar-refractivity contribution in [1.29, 1.82) is 0 Å². The second-order valence-corrected chi connectivity index (χ2v) is 6.35. The zero-order valence-corrected chi connectivity index (χ0v) is 13.8. The number of nitrogens with zero attached hydrogens (tertiary/aromatic N) is 3. The molecule has 0 atom stereocenters. The van der Waals surface area contributed by atoms with Gasteiger partial charge in [-0.1, -0.05) is 0 Å². The second kappa shape index (κ2) is 6.39. The molecule has 8 nitrogen and oxygen atoms in total. The lowest BCUT2D eigenvalue weighted by molar-refractivity contribution is -0.386. The number of hydrogen-bond acceptors (Lipinski definition) is 6. The Bertz CT molecular complexity index is 624. The van der Waals surface area contributed by atoms with Crippen molar-refractivity contribution in [2.75, 3.05) is 20.2 Å². The lowest BCUT2D eigenvalue weighted by Gasteiger charge is -2.26. The molecular weight excluding hydrogens is 302 g/mol. The molecule has 0 saturated heterocycles. The zero-order chi connectivity index (χ0) is 17.2. The third-order valence-corrected chi connectivity index (χ3v) is 3.45. The molecule has 1 aromatic rings. The molecule has 0 bridgehead atoms. The second-order valence-electron chi connectivity index (χ2n) is 6.35. The summed E-state index contributed by atoms with van der Waals surface area (Å²) in [5.74, 6) is -0.000493. The monoisotopic (exact) mass is 323 g/mol. The minimum Gasteiger partial charge on any atom is -0.476 e. The lowest BCUT2D eigenvalue weighted by Crippen LogP contribution is -2.38. The van der Waals surface area contributed by atoms with Gasteiger partial charge in [0.2, 0.25) is 0 Å². The molecule has 0 radical (unpaired) electrons. The first kappa shape index (κ1) is 17.0. The van der Waals surface area contributed by atoms with Gasteiger partial charge >= 0.3 is 11.8 Å². The number of nitro groups is 1. The molecule has 1 aliphatic rings. The summed E-state index contributed by atoms with van der Waals surface area (Å²) in [5, 5.41) is 11.1. The van der Waals surface area contributed by atoms with Crippen LogP contribution in [0.5, 0.6) is 5.88 Å². The van der Waals surface area contributed by atoms with Crippen molar-refractivity contribution < 1.29 is 19.2 Å². The molecule has 1 amide bonds. The lowest BCUT2D eigenvalue weighted by atomic mass is 10.1. The maximum Gasteiger partial charge on any atom is 0.410 e. The third-order valence-electron chi connectivity index (χ3n) is 3.45. The number of carbonyl (C=O) groups is 1. The summed E-state index contributed by atoms with van der Waals surface area (Å²) in [4.78, 5) is 28.6. The van der Waals surface area contributed by atoms with Crippen LogP contribution in [0.25, 0.3) is 0 Å². The quantitative estimate of drug-likeness (QED) is 0.612. The summed E-state index contributed by atoms with van der Waals surface area (Å²) in [7, 11) is 1.35. The molecule has 2 rings (SSSR count). The topological polar surface area (TPSA) is 94.8 Å². The fourth-order valence-corrected chi connectivity index (χ4v) is 2.39. The molecule has 0 saturated carbocycles. The molecule has 126 valence electrons. The molecule has 0 aliphatic carbocycles. The van der Waals surface area contributed by atoms with E-state index in [1.807, 2.05) is 20.8 Å². The Morgan fingerprint density at radius 2 is 2.00 bits per heavy atom. The van der Waals surface area contributed by atoms with E-state index in [0.29, 0.717) is 25.9 Å². The zero-order valence-electron chi connectivity index (χ0n) is 13.8. The Morgan fingerprint density at radius 3 is 2.57 bits per heavy atom. The van der Waals surface area contributed by atoms with E-state index in [1.54, 1.807) is 4.90 Å². The van der Waals surface area contributed by atoms with Crippen molar-refractivity contribution in [1.82, 2.24) is 9.88 Å². The summed E-state index contributed by atoms with van der Waals surface area (Å²) >= 11 is 0. The Kier molecular flexibility index (Phi) is 4.72. The van der Waals surface area contributed by atoms with E-state index < -0.39 is 10.5 Å². The maximum absolute atomic E-state index is 12.2. The average molecular weight is 323 g/mol. The minimum absolute atomic E-state index is 0.000493. The normalized spacial score (nSPS) is 14.7. The van der Waals surface area contributed by atoms with Crippen molar-refractivity contribution in [3.8, 4) is 5.88 Å². The highest BCUT2D eigenvalue weighted by molar-refractivity contribution is 5.68. The maximum atomic E-state index is 12.2. The first-order valence-corrected chi connectivity index (χ1v) is 7.40. The molecule has 0 unspecified atom stereocenters. The first-order valence-electron chi connectivity index (χ1n) is 7.40. The Balaban J connectivity index is 2.20. The van der Waals surface area contributed by atoms with Gasteiger partial charge < -0.3 is 14.4 Å². The summed E-state index contributed by atoms with van der Waals surface area (Å²) in [6.07, 6.45) is 0.613. The van der Waals surface area contributed by atoms with Crippen LogP contribution in [-0.2, 0) is 17.6 Å². The van der Waals surface area contributed by atoms with Gasteiger partial charge in [-0.25, -0.2) is 9.78 Å². The van der Waals surface area contributed by atoms with Crippen LogP contribution < -0.4 is 4.74 Å². The predicted molar refractivity (Wildman–Crippen MR) is 82.7 cm³/mol. The van der Waals surface area contributed by atoms with Crippen molar-refractivity contribution in [2.24, 2.45) is 0 Å². The minimum atomic E-state index is -0.559. The van der Waals surface area contributed by atoms with Crippen LogP contribution in [0.15, 0.2) is 6.07 Å². The van der Waals surface area contributed by atoms with Crippen LogP contribution >= 0.6 is 0 Å². The molecule has 1 aliphatic heterocycles. The third kappa shape index (κ3) is 4.08. The summed E-state index contributed by atoms with van der Waals surface area (Å²) in [6.45, 7) is 6.33. The number of rotatable bonds is 2. The van der Waals surface area contributed by atoms with Crippen LogP contribution in [0, 0.1) is 10.1 Å². The van der Waals surface area contributed by atoms with E-state index in [0.717, 1.165) is 11.3 Å². The van der Waals surface area contributed by atoms with Crippen molar-refractivity contribution in [2.45, 2.75) is 39.2 Å². The molecule has 2 heterocycles. The largest absolute Gasteiger partial charge is 0.476 e.